The predicted molar refractivity (Wildman–Crippen MR) is 52.3 cm³/mol. The summed E-state index contributed by atoms with van der Waals surface area (Å²) in [5.74, 6) is 0.683. The molecule has 0 atom stereocenters. The SMILES string of the molecule is Cc1cnccc1-c1nsc(N)n1. The van der Waals surface area contributed by atoms with E-state index in [-0.39, 0.29) is 0 Å². The number of rotatable bonds is 1. The molecule has 2 N–H and O–H groups in total. The highest BCUT2D eigenvalue weighted by molar-refractivity contribution is 7.09. The largest absolute Gasteiger partial charge is 0.374 e. The Kier molecular flexibility index (Phi) is 1.94. The molecular formula is C8H8N4S. The molecule has 66 valence electrons. The fourth-order valence-corrected chi connectivity index (χ4v) is 1.52. The summed E-state index contributed by atoms with van der Waals surface area (Å²) in [6, 6.07) is 1.89. The van der Waals surface area contributed by atoms with Crippen LogP contribution in [0.2, 0.25) is 0 Å². The summed E-state index contributed by atoms with van der Waals surface area (Å²) < 4.78 is 4.12. The molecule has 0 spiro atoms. The molecule has 2 aromatic heterocycles. The zero-order chi connectivity index (χ0) is 9.26. The van der Waals surface area contributed by atoms with Gasteiger partial charge < -0.3 is 5.73 Å². The van der Waals surface area contributed by atoms with Crippen LogP contribution in [0, 0.1) is 6.92 Å². The van der Waals surface area contributed by atoms with Gasteiger partial charge in [-0.15, -0.1) is 0 Å². The van der Waals surface area contributed by atoms with Crippen LogP contribution in [0.1, 0.15) is 5.56 Å². The lowest BCUT2D eigenvalue weighted by Gasteiger charge is -1.97. The van der Waals surface area contributed by atoms with E-state index in [0.29, 0.717) is 11.0 Å². The van der Waals surface area contributed by atoms with Crippen molar-refractivity contribution in [2.75, 3.05) is 5.73 Å². The summed E-state index contributed by atoms with van der Waals surface area (Å²) in [6.07, 6.45) is 3.51. The lowest BCUT2D eigenvalue weighted by atomic mass is 10.1. The van der Waals surface area contributed by atoms with Gasteiger partial charge in [-0.2, -0.15) is 9.36 Å². The van der Waals surface area contributed by atoms with Gasteiger partial charge >= 0.3 is 0 Å². The molecule has 0 amide bonds. The molecule has 0 bridgehead atoms. The van der Waals surface area contributed by atoms with Crippen molar-refractivity contribution in [1.82, 2.24) is 14.3 Å². The number of nitrogens with two attached hydrogens (primary N) is 1. The number of aryl methyl sites for hydroxylation is 1. The molecule has 0 saturated carbocycles. The third-order valence-corrected chi connectivity index (χ3v) is 2.25. The van der Waals surface area contributed by atoms with E-state index in [1.54, 1.807) is 12.4 Å². The van der Waals surface area contributed by atoms with Crippen LogP contribution in [0.25, 0.3) is 11.4 Å². The maximum Gasteiger partial charge on any atom is 0.200 e. The van der Waals surface area contributed by atoms with Gasteiger partial charge in [-0.3, -0.25) is 4.98 Å². The van der Waals surface area contributed by atoms with Gasteiger partial charge in [-0.1, -0.05) is 0 Å². The second-order valence-electron chi connectivity index (χ2n) is 2.65. The van der Waals surface area contributed by atoms with Crippen LogP contribution >= 0.6 is 11.5 Å². The molecule has 2 rings (SSSR count). The molecule has 2 aromatic rings. The van der Waals surface area contributed by atoms with E-state index >= 15 is 0 Å². The van der Waals surface area contributed by atoms with Gasteiger partial charge in [0.05, 0.1) is 0 Å². The Bertz CT molecular complexity index is 424. The Labute approximate surface area is 79.6 Å². The van der Waals surface area contributed by atoms with E-state index in [4.69, 9.17) is 5.73 Å². The minimum Gasteiger partial charge on any atom is -0.374 e. The fourth-order valence-electron chi connectivity index (χ4n) is 1.07. The number of anilines is 1. The van der Waals surface area contributed by atoms with Crippen molar-refractivity contribution in [3.8, 4) is 11.4 Å². The molecule has 13 heavy (non-hydrogen) atoms. The zero-order valence-electron chi connectivity index (χ0n) is 7.06. The average Bonchev–Trinajstić information content (AvgIpc) is 2.53. The second-order valence-corrected chi connectivity index (χ2v) is 3.43. The van der Waals surface area contributed by atoms with Crippen molar-refractivity contribution in [2.24, 2.45) is 0 Å². The lowest BCUT2D eigenvalue weighted by molar-refractivity contribution is 1.23. The summed E-state index contributed by atoms with van der Waals surface area (Å²) in [7, 11) is 0. The number of pyridine rings is 1. The van der Waals surface area contributed by atoms with Crippen LogP contribution in [0.4, 0.5) is 5.13 Å². The zero-order valence-corrected chi connectivity index (χ0v) is 7.88. The summed E-state index contributed by atoms with van der Waals surface area (Å²) in [4.78, 5) is 8.09. The van der Waals surface area contributed by atoms with Crippen molar-refractivity contribution >= 4 is 16.7 Å². The predicted octanol–water partition coefficient (Wildman–Crippen LogP) is 1.49. The van der Waals surface area contributed by atoms with E-state index < -0.39 is 0 Å². The van der Waals surface area contributed by atoms with Crippen LogP contribution in [-0.4, -0.2) is 14.3 Å². The summed E-state index contributed by atoms with van der Waals surface area (Å²) in [5, 5.41) is 0.492. The van der Waals surface area contributed by atoms with Crippen LogP contribution in [0.5, 0.6) is 0 Å². The average molecular weight is 192 g/mol. The van der Waals surface area contributed by atoms with Gasteiger partial charge in [-0.25, -0.2) is 0 Å². The minimum absolute atomic E-state index is 0.492. The molecule has 0 saturated heterocycles. The van der Waals surface area contributed by atoms with E-state index in [9.17, 15) is 0 Å². The maximum absolute atomic E-state index is 5.50. The molecule has 0 aliphatic rings. The van der Waals surface area contributed by atoms with Gasteiger partial charge in [0.15, 0.2) is 11.0 Å². The van der Waals surface area contributed by atoms with Crippen molar-refractivity contribution < 1.29 is 0 Å². The molecule has 5 heteroatoms. The van der Waals surface area contributed by atoms with Gasteiger partial charge in [0.1, 0.15) is 0 Å². The topological polar surface area (TPSA) is 64.7 Å². The molecule has 0 fully saturated rings. The molecule has 0 aliphatic carbocycles. The van der Waals surface area contributed by atoms with Crippen molar-refractivity contribution in [2.45, 2.75) is 6.92 Å². The Balaban J connectivity index is 2.52. The van der Waals surface area contributed by atoms with Crippen LogP contribution in [0.15, 0.2) is 18.5 Å². The van der Waals surface area contributed by atoms with Gasteiger partial charge in [-0.05, 0) is 18.6 Å². The first kappa shape index (κ1) is 8.12. The second kappa shape index (κ2) is 3.10. The highest BCUT2D eigenvalue weighted by Crippen LogP contribution is 2.21. The fraction of sp³-hybridized carbons (Fsp3) is 0.125. The molecule has 4 nitrogen and oxygen atoms in total. The first-order chi connectivity index (χ1) is 6.27. The van der Waals surface area contributed by atoms with E-state index in [1.165, 1.54) is 11.5 Å². The first-order valence-corrected chi connectivity index (χ1v) is 4.55. The maximum atomic E-state index is 5.50. The number of aromatic nitrogens is 3. The molecule has 0 radical (unpaired) electrons. The normalized spacial score (nSPS) is 10.2. The van der Waals surface area contributed by atoms with Crippen LogP contribution in [-0.2, 0) is 0 Å². The van der Waals surface area contributed by atoms with Gasteiger partial charge in [0.25, 0.3) is 0 Å². The van der Waals surface area contributed by atoms with E-state index in [0.717, 1.165) is 11.1 Å². The van der Waals surface area contributed by atoms with Crippen molar-refractivity contribution in [3.63, 3.8) is 0 Å². The van der Waals surface area contributed by atoms with E-state index in [2.05, 4.69) is 14.3 Å². The third-order valence-electron chi connectivity index (χ3n) is 1.70. The first-order valence-electron chi connectivity index (χ1n) is 3.77. The van der Waals surface area contributed by atoms with Crippen LogP contribution in [0.3, 0.4) is 0 Å². The number of hydrogen-bond donors (Lipinski definition) is 1. The Morgan fingerprint density at radius 2 is 2.31 bits per heavy atom. The highest BCUT2D eigenvalue weighted by Gasteiger charge is 2.06. The Morgan fingerprint density at radius 3 is 2.92 bits per heavy atom. The summed E-state index contributed by atoms with van der Waals surface area (Å²) in [5.41, 5.74) is 7.54. The number of nitrogens with zero attached hydrogens (tertiary/aromatic N) is 3. The van der Waals surface area contributed by atoms with E-state index in [1.807, 2.05) is 13.0 Å². The quantitative estimate of drug-likeness (QED) is 0.743. The van der Waals surface area contributed by atoms with Crippen LogP contribution < -0.4 is 5.73 Å². The molecule has 0 aromatic carbocycles. The molecule has 2 heterocycles. The smallest absolute Gasteiger partial charge is 0.200 e. The van der Waals surface area contributed by atoms with Crippen molar-refractivity contribution in [1.29, 1.82) is 0 Å². The standard InChI is InChI=1S/C8H8N4S/c1-5-4-10-3-2-6(5)7-11-8(9)13-12-7/h2-4H,1H3,(H2,9,11,12). The summed E-state index contributed by atoms with van der Waals surface area (Å²) >= 11 is 1.20. The van der Waals surface area contributed by atoms with Gasteiger partial charge in [0, 0.05) is 29.5 Å². The summed E-state index contributed by atoms with van der Waals surface area (Å²) in [6.45, 7) is 1.97. The molecule has 0 aliphatic heterocycles. The Morgan fingerprint density at radius 1 is 1.46 bits per heavy atom. The van der Waals surface area contributed by atoms with Crippen molar-refractivity contribution in [3.05, 3.63) is 24.0 Å². The number of hydrogen-bond acceptors (Lipinski definition) is 5. The molecular weight excluding hydrogens is 184 g/mol. The minimum atomic E-state index is 0.492. The lowest BCUT2D eigenvalue weighted by Crippen LogP contribution is -1.87. The highest BCUT2D eigenvalue weighted by atomic mass is 32.1. The monoisotopic (exact) mass is 192 g/mol. The number of nitrogen functional groups attached to an aromatic ring is 1. The Hall–Kier alpha value is -1.49. The van der Waals surface area contributed by atoms with Gasteiger partial charge in [0.2, 0.25) is 0 Å². The molecule has 0 unspecified atom stereocenters. The third kappa shape index (κ3) is 1.50.